The summed E-state index contributed by atoms with van der Waals surface area (Å²) in [7, 11) is 0. The lowest BCUT2D eigenvalue weighted by atomic mass is 10.00. The van der Waals surface area contributed by atoms with E-state index >= 15 is 0 Å². The van der Waals surface area contributed by atoms with Gasteiger partial charge in [-0.15, -0.1) is 0 Å². The summed E-state index contributed by atoms with van der Waals surface area (Å²) >= 11 is 0. The summed E-state index contributed by atoms with van der Waals surface area (Å²) in [5, 5.41) is 15.2. The van der Waals surface area contributed by atoms with Gasteiger partial charge >= 0.3 is 12.1 Å². The summed E-state index contributed by atoms with van der Waals surface area (Å²) < 4.78 is 0. The summed E-state index contributed by atoms with van der Waals surface area (Å²) in [6, 6.07) is 31.4. The summed E-state index contributed by atoms with van der Waals surface area (Å²) in [5.74, 6) is 0. The highest BCUT2D eigenvalue weighted by molar-refractivity contribution is 5.86. The first kappa shape index (κ1) is 28.6. The monoisotopic (exact) mass is 538 g/mol. The largest absolute Gasteiger partial charge is 0.465 e. The normalized spacial score (nSPS) is 11.7. The molecule has 4 rings (SSSR count). The number of nitrogens with one attached hydrogen (secondary N) is 1. The van der Waals surface area contributed by atoms with Gasteiger partial charge < -0.3 is 21.1 Å². The van der Waals surface area contributed by atoms with Gasteiger partial charge in [-0.1, -0.05) is 97.1 Å². The van der Waals surface area contributed by atoms with Crippen LogP contribution in [0.4, 0.5) is 9.59 Å². The van der Waals surface area contributed by atoms with E-state index in [1.165, 1.54) is 4.90 Å². The van der Waals surface area contributed by atoms with Crippen LogP contribution in [0.25, 0.3) is 10.8 Å². The molecule has 0 aliphatic rings. The number of unbranched alkanes of at least 4 members (excludes halogenated alkanes) is 1. The lowest BCUT2D eigenvalue weighted by Gasteiger charge is -2.26. The molecule has 0 saturated carbocycles. The highest BCUT2D eigenvalue weighted by Crippen LogP contribution is 2.24. The lowest BCUT2D eigenvalue weighted by Crippen LogP contribution is -2.41. The Balaban J connectivity index is 1.42. The van der Waals surface area contributed by atoms with Crippen LogP contribution >= 0.6 is 0 Å². The molecule has 7 nitrogen and oxygen atoms in total. The van der Waals surface area contributed by atoms with Crippen molar-refractivity contribution < 1.29 is 14.7 Å². The van der Waals surface area contributed by atoms with Crippen molar-refractivity contribution in [2.24, 2.45) is 5.73 Å². The fourth-order valence-corrected chi connectivity index (χ4v) is 4.87. The fraction of sp³-hybridized carbons (Fsp3) is 0.273. The summed E-state index contributed by atoms with van der Waals surface area (Å²) in [4.78, 5) is 28.5. The zero-order chi connectivity index (χ0) is 28.3. The summed E-state index contributed by atoms with van der Waals surface area (Å²) in [6.45, 7) is 4.24. The maximum atomic E-state index is 13.4. The van der Waals surface area contributed by atoms with Crippen molar-refractivity contribution in [3.05, 3.63) is 119 Å². The molecule has 0 fully saturated rings. The van der Waals surface area contributed by atoms with Crippen molar-refractivity contribution in [3.63, 3.8) is 0 Å². The molecule has 0 bridgehead atoms. The summed E-state index contributed by atoms with van der Waals surface area (Å²) in [6.07, 6.45) is 0.696. The second-order valence-corrected chi connectivity index (χ2v) is 10.1. The molecule has 0 aliphatic carbocycles. The fourth-order valence-electron chi connectivity index (χ4n) is 4.87. The van der Waals surface area contributed by atoms with Gasteiger partial charge in [0.25, 0.3) is 0 Å². The number of amides is 3. The van der Waals surface area contributed by atoms with Gasteiger partial charge in [0.05, 0.1) is 6.04 Å². The minimum atomic E-state index is -0.962. The lowest BCUT2D eigenvalue weighted by molar-refractivity contribution is 0.139. The highest BCUT2D eigenvalue weighted by atomic mass is 16.4. The molecule has 40 heavy (non-hydrogen) atoms. The zero-order valence-corrected chi connectivity index (χ0v) is 23.0. The van der Waals surface area contributed by atoms with E-state index in [1.54, 1.807) is 0 Å². The van der Waals surface area contributed by atoms with Crippen molar-refractivity contribution in [1.82, 2.24) is 15.1 Å². The van der Waals surface area contributed by atoms with Crippen molar-refractivity contribution >= 4 is 22.9 Å². The van der Waals surface area contributed by atoms with Gasteiger partial charge in [-0.3, -0.25) is 4.90 Å². The molecule has 4 N–H and O–H groups in total. The minimum absolute atomic E-state index is 0.124. The Morgan fingerprint density at radius 1 is 0.750 bits per heavy atom. The van der Waals surface area contributed by atoms with E-state index in [9.17, 15) is 14.7 Å². The third kappa shape index (κ3) is 7.83. The molecule has 4 aromatic carbocycles. The topological polar surface area (TPSA) is 98.9 Å². The minimum Gasteiger partial charge on any atom is -0.465 e. The Morgan fingerprint density at radius 3 is 1.98 bits per heavy atom. The first-order chi connectivity index (χ1) is 19.4. The van der Waals surface area contributed by atoms with Gasteiger partial charge in [0.1, 0.15) is 0 Å². The van der Waals surface area contributed by atoms with Gasteiger partial charge in [-0.2, -0.15) is 0 Å². The van der Waals surface area contributed by atoms with E-state index in [1.807, 2.05) is 84.6 Å². The predicted molar refractivity (Wildman–Crippen MR) is 160 cm³/mol. The van der Waals surface area contributed by atoms with Gasteiger partial charge in [0.15, 0.2) is 0 Å². The summed E-state index contributed by atoms with van der Waals surface area (Å²) in [5.41, 5.74) is 9.61. The Morgan fingerprint density at radius 2 is 1.32 bits per heavy atom. The van der Waals surface area contributed by atoms with E-state index < -0.39 is 6.09 Å². The zero-order valence-electron chi connectivity index (χ0n) is 23.0. The van der Waals surface area contributed by atoms with Gasteiger partial charge in [-0.05, 0) is 59.3 Å². The van der Waals surface area contributed by atoms with Gasteiger partial charge in [-0.25, -0.2) is 9.59 Å². The number of hydrogen-bond acceptors (Lipinski definition) is 3. The molecule has 7 heteroatoms. The average molecular weight is 539 g/mol. The third-order valence-electron chi connectivity index (χ3n) is 7.06. The van der Waals surface area contributed by atoms with E-state index in [-0.39, 0.29) is 18.6 Å². The van der Waals surface area contributed by atoms with Crippen LogP contribution in [0.5, 0.6) is 0 Å². The number of nitrogens with two attached hydrogens (primary N) is 1. The number of urea groups is 1. The Labute approximate surface area is 236 Å². The molecule has 3 amide bonds. The Hall–Kier alpha value is -4.36. The quantitative estimate of drug-likeness (QED) is 0.179. The van der Waals surface area contributed by atoms with Crippen LogP contribution in [0.1, 0.15) is 48.1 Å². The molecule has 0 spiro atoms. The van der Waals surface area contributed by atoms with Crippen LogP contribution in [0.3, 0.4) is 0 Å². The van der Waals surface area contributed by atoms with Gasteiger partial charge in [0, 0.05) is 26.2 Å². The van der Waals surface area contributed by atoms with E-state index in [0.29, 0.717) is 26.2 Å². The van der Waals surface area contributed by atoms with Crippen LogP contribution in [0.15, 0.2) is 97.1 Å². The number of hydrogen-bond donors (Lipinski definition) is 3. The number of rotatable bonds is 12. The number of carbonyl (C=O) groups is 2. The molecule has 0 heterocycles. The molecule has 208 valence electrons. The number of carbonyl (C=O) groups excluding carboxylic acids is 1. The number of carboxylic acid groups (broad SMARTS) is 1. The van der Waals surface area contributed by atoms with Crippen molar-refractivity contribution in [2.75, 3.05) is 13.1 Å². The second-order valence-electron chi connectivity index (χ2n) is 10.1. The first-order valence-electron chi connectivity index (χ1n) is 13.8. The maximum Gasteiger partial charge on any atom is 0.407 e. The van der Waals surface area contributed by atoms with Crippen molar-refractivity contribution in [1.29, 1.82) is 0 Å². The molecule has 0 aromatic heterocycles. The van der Waals surface area contributed by atoms with E-state index in [4.69, 9.17) is 5.73 Å². The first-order valence-corrected chi connectivity index (χ1v) is 13.8. The molecular formula is C33H38N4O3. The average Bonchev–Trinajstić information content (AvgIpc) is 2.97. The second kappa shape index (κ2) is 14.1. The number of nitrogens with zero attached hydrogens (tertiary/aromatic N) is 2. The van der Waals surface area contributed by atoms with Crippen molar-refractivity contribution in [2.45, 2.75) is 45.4 Å². The smallest absolute Gasteiger partial charge is 0.407 e. The van der Waals surface area contributed by atoms with E-state index in [0.717, 1.165) is 45.9 Å². The van der Waals surface area contributed by atoms with Crippen LogP contribution in [-0.4, -0.2) is 40.1 Å². The number of benzene rings is 4. The van der Waals surface area contributed by atoms with Gasteiger partial charge in [0.2, 0.25) is 0 Å². The SMILES string of the molecule is CC(NC(=O)N(CCCCN)Cc1ccc(CN(Cc2ccccc2)C(=O)O)cc1)c1cccc2ccccc12. The molecule has 1 atom stereocenters. The molecule has 0 aliphatic heterocycles. The van der Waals surface area contributed by atoms with Crippen LogP contribution in [0.2, 0.25) is 0 Å². The molecule has 4 aromatic rings. The molecular weight excluding hydrogens is 500 g/mol. The standard InChI is InChI=1S/C33H38N4O3/c1-25(30-15-9-13-29-12-5-6-14-31(29)30)35-32(38)36(21-8-7-20-34)22-27-16-18-28(19-17-27)24-37(33(39)40)23-26-10-3-2-4-11-26/h2-6,9-19,25H,7-8,20-24,34H2,1H3,(H,35,38)(H,39,40). The third-order valence-corrected chi connectivity index (χ3v) is 7.06. The number of fused-ring (bicyclic) bond motifs is 1. The van der Waals surface area contributed by atoms with Crippen LogP contribution in [-0.2, 0) is 19.6 Å². The van der Waals surface area contributed by atoms with Crippen molar-refractivity contribution in [3.8, 4) is 0 Å². The highest BCUT2D eigenvalue weighted by Gasteiger charge is 2.19. The Bertz CT molecular complexity index is 1390. The Kier molecular flexibility index (Phi) is 10.1. The van der Waals surface area contributed by atoms with E-state index in [2.05, 4.69) is 29.6 Å². The van der Waals surface area contributed by atoms with Crippen LogP contribution in [0, 0.1) is 0 Å². The molecule has 1 unspecified atom stereocenters. The molecule has 0 radical (unpaired) electrons. The van der Waals surface area contributed by atoms with Crippen LogP contribution < -0.4 is 11.1 Å². The predicted octanol–water partition coefficient (Wildman–Crippen LogP) is 6.53. The molecule has 0 saturated heterocycles. The maximum absolute atomic E-state index is 13.4.